The molecule has 1 heterocycles. The number of ether oxygens (including phenoxy) is 2. The molecular weight excluding hydrogens is 461 g/mol. The average molecular weight is 478 g/mol. The zero-order chi connectivity index (χ0) is 23.4. The van der Waals surface area contributed by atoms with Gasteiger partial charge in [0, 0.05) is 10.7 Å². The smallest absolute Gasteiger partial charge is 0.328 e. The molecule has 0 bridgehead atoms. The van der Waals surface area contributed by atoms with Crippen molar-refractivity contribution in [2.75, 3.05) is 19.0 Å². The normalized spacial score (nSPS) is 13.2. The first kappa shape index (κ1) is 23.1. The number of anilines is 1. The minimum Gasteiger partial charge on any atom is -0.493 e. The highest BCUT2D eigenvalue weighted by Gasteiger charge is 2.28. The molecule has 32 heavy (non-hydrogen) atoms. The summed E-state index contributed by atoms with van der Waals surface area (Å²) in [5, 5.41) is 7.20. The fourth-order valence-corrected chi connectivity index (χ4v) is 3.20. The number of barbiturate groups is 1. The molecule has 166 valence electrons. The number of urea groups is 1. The van der Waals surface area contributed by atoms with Gasteiger partial charge in [0.2, 0.25) is 0 Å². The van der Waals surface area contributed by atoms with Crippen molar-refractivity contribution in [3.05, 3.63) is 57.1 Å². The second-order valence-electron chi connectivity index (χ2n) is 6.63. The molecule has 0 radical (unpaired) electrons. The summed E-state index contributed by atoms with van der Waals surface area (Å²) in [6, 6.07) is 7.08. The van der Waals surface area contributed by atoms with Crippen molar-refractivity contribution in [2.24, 2.45) is 0 Å². The lowest BCUT2D eigenvalue weighted by molar-refractivity contribution is -0.124. The molecule has 3 N–H and O–H groups in total. The van der Waals surface area contributed by atoms with E-state index in [2.05, 4.69) is 5.32 Å². The van der Waals surface area contributed by atoms with E-state index in [1.54, 1.807) is 18.2 Å². The molecule has 0 saturated carbocycles. The molecule has 0 unspecified atom stereocenters. The molecule has 3 rings (SSSR count). The van der Waals surface area contributed by atoms with Crippen molar-refractivity contribution in [3.8, 4) is 11.5 Å². The van der Waals surface area contributed by atoms with Crippen LogP contribution in [0.25, 0.3) is 6.08 Å². The predicted molar refractivity (Wildman–Crippen MR) is 118 cm³/mol. The van der Waals surface area contributed by atoms with Gasteiger partial charge in [-0.3, -0.25) is 25.0 Å². The molecule has 5 amide bonds. The molecule has 0 aromatic heterocycles. The third-order valence-corrected chi connectivity index (χ3v) is 5.00. The van der Waals surface area contributed by atoms with Gasteiger partial charge in [-0.2, -0.15) is 0 Å². The van der Waals surface area contributed by atoms with Gasteiger partial charge in [0.25, 0.3) is 17.7 Å². The Balaban J connectivity index is 1.75. The number of rotatable bonds is 6. The third kappa shape index (κ3) is 5.37. The summed E-state index contributed by atoms with van der Waals surface area (Å²) in [5.74, 6) is -1.87. The number of carbonyl (C=O) groups is 4. The fraction of sp³-hybridized carbons (Fsp3) is 0.143. The van der Waals surface area contributed by atoms with Crippen LogP contribution in [0.15, 0.2) is 35.9 Å². The molecule has 11 heteroatoms. The Bertz CT molecular complexity index is 1140. The molecule has 1 aliphatic rings. The van der Waals surface area contributed by atoms with Gasteiger partial charge in [-0.15, -0.1) is 0 Å². The van der Waals surface area contributed by atoms with E-state index in [9.17, 15) is 19.2 Å². The van der Waals surface area contributed by atoms with Crippen molar-refractivity contribution in [1.29, 1.82) is 0 Å². The van der Waals surface area contributed by atoms with Crippen LogP contribution in [0.1, 0.15) is 11.1 Å². The van der Waals surface area contributed by atoms with Crippen LogP contribution in [0, 0.1) is 6.92 Å². The molecule has 1 fully saturated rings. The summed E-state index contributed by atoms with van der Waals surface area (Å²) in [6.45, 7) is 1.48. The fourth-order valence-electron chi connectivity index (χ4n) is 2.74. The minimum atomic E-state index is -0.900. The average Bonchev–Trinajstić information content (AvgIpc) is 2.72. The Morgan fingerprint density at radius 1 is 1.06 bits per heavy atom. The number of amides is 5. The van der Waals surface area contributed by atoms with E-state index in [1.165, 1.54) is 25.3 Å². The number of nitrogens with one attached hydrogen (secondary N) is 3. The van der Waals surface area contributed by atoms with E-state index in [0.717, 1.165) is 5.56 Å². The molecule has 0 spiro atoms. The molecule has 1 aliphatic heterocycles. The zero-order valence-corrected chi connectivity index (χ0v) is 18.4. The summed E-state index contributed by atoms with van der Waals surface area (Å²) in [6.07, 6.45) is 1.24. The maximum atomic E-state index is 12.2. The lowest BCUT2D eigenvalue weighted by Gasteiger charge is -2.15. The van der Waals surface area contributed by atoms with Crippen LogP contribution < -0.4 is 25.4 Å². The van der Waals surface area contributed by atoms with Gasteiger partial charge in [-0.05, 0) is 48.4 Å². The summed E-state index contributed by atoms with van der Waals surface area (Å²) in [7, 11) is 1.36. The SMILES string of the molecule is COc1cc(C=C2C(=O)NC(=O)NC2=O)cc(Cl)c1OCC(=O)Nc1ccc(C)c(Cl)c1. The van der Waals surface area contributed by atoms with Crippen LogP contribution in [0.4, 0.5) is 10.5 Å². The van der Waals surface area contributed by atoms with Gasteiger partial charge >= 0.3 is 6.03 Å². The summed E-state index contributed by atoms with van der Waals surface area (Å²) in [4.78, 5) is 47.2. The lowest BCUT2D eigenvalue weighted by Crippen LogP contribution is -2.51. The van der Waals surface area contributed by atoms with Gasteiger partial charge < -0.3 is 14.8 Å². The molecule has 2 aromatic rings. The Morgan fingerprint density at radius 2 is 1.75 bits per heavy atom. The monoisotopic (exact) mass is 477 g/mol. The zero-order valence-electron chi connectivity index (χ0n) is 16.9. The van der Waals surface area contributed by atoms with E-state index in [0.29, 0.717) is 16.3 Å². The minimum absolute atomic E-state index is 0.0788. The highest BCUT2D eigenvalue weighted by Crippen LogP contribution is 2.37. The first-order chi connectivity index (χ1) is 15.2. The summed E-state index contributed by atoms with van der Waals surface area (Å²) in [5.41, 5.74) is 1.44. The largest absolute Gasteiger partial charge is 0.493 e. The van der Waals surface area contributed by atoms with Crippen LogP contribution >= 0.6 is 23.2 Å². The van der Waals surface area contributed by atoms with Gasteiger partial charge in [-0.1, -0.05) is 29.3 Å². The third-order valence-electron chi connectivity index (χ3n) is 4.31. The van der Waals surface area contributed by atoms with Crippen LogP contribution in [0.3, 0.4) is 0 Å². The molecular formula is C21H17Cl2N3O6. The van der Waals surface area contributed by atoms with E-state index in [1.807, 2.05) is 17.6 Å². The first-order valence-electron chi connectivity index (χ1n) is 9.12. The highest BCUT2D eigenvalue weighted by molar-refractivity contribution is 6.33. The van der Waals surface area contributed by atoms with Crippen molar-refractivity contribution in [2.45, 2.75) is 6.92 Å². The van der Waals surface area contributed by atoms with E-state index in [-0.39, 0.29) is 28.7 Å². The Hall–Kier alpha value is -3.56. The quantitative estimate of drug-likeness (QED) is 0.433. The lowest BCUT2D eigenvalue weighted by atomic mass is 10.1. The van der Waals surface area contributed by atoms with Gasteiger partial charge in [-0.25, -0.2) is 4.79 Å². The number of benzene rings is 2. The van der Waals surface area contributed by atoms with Crippen molar-refractivity contribution < 1.29 is 28.7 Å². The van der Waals surface area contributed by atoms with Crippen molar-refractivity contribution in [3.63, 3.8) is 0 Å². The predicted octanol–water partition coefficient (Wildman–Crippen LogP) is 3.08. The molecule has 9 nitrogen and oxygen atoms in total. The number of methoxy groups -OCH3 is 1. The number of halogens is 2. The Kier molecular flexibility index (Phi) is 7.01. The second kappa shape index (κ2) is 9.71. The van der Waals surface area contributed by atoms with E-state index in [4.69, 9.17) is 32.7 Å². The summed E-state index contributed by atoms with van der Waals surface area (Å²) < 4.78 is 10.8. The van der Waals surface area contributed by atoms with E-state index < -0.39 is 23.8 Å². The standard InChI is InChI=1S/C21H17Cl2N3O6/c1-10-3-4-12(8-14(10)22)24-17(27)9-32-18-15(23)6-11(7-16(18)31-2)5-13-19(28)25-21(30)26-20(13)29/h3-8H,9H2,1-2H3,(H,24,27)(H2,25,26,28,29,30). The number of aryl methyl sites for hydroxylation is 1. The topological polar surface area (TPSA) is 123 Å². The van der Waals surface area contributed by atoms with Crippen LogP contribution in [-0.2, 0) is 14.4 Å². The van der Waals surface area contributed by atoms with Crippen LogP contribution in [-0.4, -0.2) is 37.5 Å². The van der Waals surface area contributed by atoms with Crippen molar-refractivity contribution in [1.82, 2.24) is 10.6 Å². The Labute approximate surface area is 192 Å². The highest BCUT2D eigenvalue weighted by atomic mass is 35.5. The van der Waals surface area contributed by atoms with Crippen LogP contribution in [0.2, 0.25) is 10.0 Å². The number of hydrogen-bond acceptors (Lipinski definition) is 6. The van der Waals surface area contributed by atoms with Gasteiger partial charge in [0.15, 0.2) is 18.1 Å². The van der Waals surface area contributed by atoms with Gasteiger partial charge in [0.1, 0.15) is 5.57 Å². The second-order valence-corrected chi connectivity index (χ2v) is 7.44. The number of hydrogen-bond donors (Lipinski definition) is 3. The van der Waals surface area contributed by atoms with E-state index >= 15 is 0 Å². The van der Waals surface area contributed by atoms with Crippen LogP contribution in [0.5, 0.6) is 11.5 Å². The maximum absolute atomic E-state index is 12.2. The van der Waals surface area contributed by atoms with Crippen molar-refractivity contribution >= 4 is 58.7 Å². The molecule has 0 atom stereocenters. The Morgan fingerprint density at radius 3 is 2.38 bits per heavy atom. The molecule has 1 saturated heterocycles. The molecule has 2 aromatic carbocycles. The first-order valence-corrected chi connectivity index (χ1v) is 9.88. The number of imide groups is 2. The van der Waals surface area contributed by atoms with Gasteiger partial charge in [0.05, 0.1) is 12.1 Å². The summed E-state index contributed by atoms with van der Waals surface area (Å²) >= 11 is 12.3. The maximum Gasteiger partial charge on any atom is 0.328 e. The molecule has 0 aliphatic carbocycles. The number of carbonyl (C=O) groups excluding carboxylic acids is 4.